The standard InChI is InChI=1S/C19H34OSSi/c1-7-8-9-12-17(20-22(5,6)19(2,3)4)13-10-14-18-15-11-16-21-18/h10-11,13,15-17H,7-9,12,14H2,1-6H3/b13-10+/t17-/m0/s1. The van der Waals surface area contributed by atoms with E-state index in [1.165, 1.54) is 24.1 Å². The van der Waals surface area contributed by atoms with Crippen molar-refractivity contribution in [3.05, 3.63) is 34.5 Å². The van der Waals surface area contributed by atoms with Crippen LogP contribution < -0.4 is 0 Å². The third kappa shape index (κ3) is 6.80. The van der Waals surface area contributed by atoms with E-state index in [0.717, 1.165) is 12.8 Å². The zero-order chi connectivity index (χ0) is 16.6. The van der Waals surface area contributed by atoms with Crippen LogP contribution in [-0.4, -0.2) is 14.4 Å². The van der Waals surface area contributed by atoms with Gasteiger partial charge in [-0.3, -0.25) is 0 Å². The summed E-state index contributed by atoms with van der Waals surface area (Å²) in [5.41, 5.74) is 0. The zero-order valence-electron chi connectivity index (χ0n) is 15.3. The van der Waals surface area contributed by atoms with Gasteiger partial charge < -0.3 is 4.43 Å². The minimum absolute atomic E-state index is 0.275. The van der Waals surface area contributed by atoms with Gasteiger partial charge in [0.2, 0.25) is 0 Å². The molecule has 1 rings (SSSR count). The number of hydrogen-bond acceptors (Lipinski definition) is 2. The lowest BCUT2D eigenvalue weighted by molar-refractivity contribution is 0.211. The Morgan fingerprint density at radius 3 is 2.55 bits per heavy atom. The first-order valence-corrected chi connectivity index (χ1v) is 12.4. The fourth-order valence-corrected chi connectivity index (χ4v) is 4.10. The lowest BCUT2D eigenvalue weighted by atomic mass is 10.1. The predicted octanol–water partition coefficient (Wildman–Crippen LogP) is 6.82. The molecule has 1 nitrogen and oxygen atoms in total. The highest BCUT2D eigenvalue weighted by Crippen LogP contribution is 2.38. The third-order valence-electron chi connectivity index (χ3n) is 4.59. The Kier molecular flexibility index (Phi) is 8.08. The lowest BCUT2D eigenvalue weighted by Gasteiger charge is -2.38. The van der Waals surface area contributed by atoms with Crippen molar-refractivity contribution in [2.24, 2.45) is 0 Å². The maximum atomic E-state index is 6.62. The fraction of sp³-hybridized carbons (Fsp3) is 0.684. The molecule has 0 saturated carbocycles. The van der Waals surface area contributed by atoms with E-state index in [4.69, 9.17) is 4.43 Å². The van der Waals surface area contributed by atoms with Gasteiger partial charge in [0.25, 0.3) is 0 Å². The van der Waals surface area contributed by atoms with E-state index in [9.17, 15) is 0 Å². The summed E-state index contributed by atoms with van der Waals surface area (Å²) >= 11 is 1.83. The molecule has 0 saturated heterocycles. The summed E-state index contributed by atoms with van der Waals surface area (Å²) in [6, 6.07) is 4.33. The van der Waals surface area contributed by atoms with Crippen molar-refractivity contribution in [2.45, 2.75) is 84.0 Å². The highest BCUT2D eigenvalue weighted by atomic mass is 32.1. The van der Waals surface area contributed by atoms with Gasteiger partial charge in [0.15, 0.2) is 8.32 Å². The SMILES string of the molecule is CCCCC[C@@H](/C=C/Cc1cccs1)O[Si](C)(C)C(C)(C)C. The first-order chi connectivity index (χ1) is 10.3. The van der Waals surface area contributed by atoms with Crippen LogP contribution in [0.3, 0.4) is 0 Å². The van der Waals surface area contributed by atoms with Crippen LogP contribution in [-0.2, 0) is 10.8 Å². The molecular weight excluding hydrogens is 304 g/mol. The van der Waals surface area contributed by atoms with Gasteiger partial charge >= 0.3 is 0 Å². The maximum Gasteiger partial charge on any atom is 0.192 e. The molecule has 126 valence electrons. The average molecular weight is 339 g/mol. The molecule has 3 heteroatoms. The Bertz CT molecular complexity index is 429. The molecule has 0 spiro atoms. The molecule has 1 atom stereocenters. The Labute approximate surface area is 142 Å². The Morgan fingerprint density at radius 1 is 1.27 bits per heavy atom. The van der Waals surface area contributed by atoms with Crippen molar-refractivity contribution in [2.75, 3.05) is 0 Å². The van der Waals surface area contributed by atoms with E-state index in [-0.39, 0.29) is 11.1 Å². The molecule has 0 bridgehead atoms. The molecule has 1 aromatic rings. The molecule has 0 aliphatic rings. The van der Waals surface area contributed by atoms with Crippen molar-refractivity contribution >= 4 is 19.7 Å². The number of unbranched alkanes of at least 4 members (excludes halogenated alkanes) is 2. The van der Waals surface area contributed by atoms with Crippen LogP contribution in [0.5, 0.6) is 0 Å². The fourth-order valence-electron chi connectivity index (χ4n) is 2.11. The van der Waals surface area contributed by atoms with E-state index in [2.05, 4.69) is 70.5 Å². The Balaban J connectivity index is 2.64. The summed E-state index contributed by atoms with van der Waals surface area (Å²) in [6.45, 7) is 13.9. The molecule has 0 aromatic carbocycles. The highest BCUT2D eigenvalue weighted by molar-refractivity contribution is 7.09. The van der Waals surface area contributed by atoms with Crippen LogP contribution in [0.1, 0.15) is 58.3 Å². The molecular formula is C19H34OSSi. The van der Waals surface area contributed by atoms with Gasteiger partial charge in [-0.15, -0.1) is 11.3 Å². The van der Waals surface area contributed by atoms with Crippen molar-refractivity contribution in [1.29, 1.82) is 0 Å². The normalized spacial score (nSPS) is 14.6. The first kappa shape index (κ1) is 19.7. The van der Waals surface area contributed by atoms with Gasteiger partial charge in [-0.1, -0.05) is 65.2 Å². The van der Waals surface area contributed by atoms with Crippen molar-refractivity contribution in [1.82, 2.24) is 0 Å². The molecule has 0 N–H and O–H groups in total. The van der Waals surface area contributed by atoms with Gasteiger partial charge in [-0.2, -0.15) is 0 Å². The number of hydrogen-bond donors (Lipinski definition) is 0. The minimum atomic E-state index is -1.69. The molecule has 0 unspecified atom stereocenters. The van der Waals surface area contributed by atoms with Crippen LogP contribution in [0.4, 0.5) is 0 Å². The summed E-state index contributed by atoms with van der Waals surface area (Å²) in [5.74, 6) is 0. The summed E-state index contributed by atoms with van der Waals surface area (Å²) in [6.07, 6.45) is 10.9. The molecule has 0 aliphatic carbocycles. The van der Waals surface area contributed by atoms with Gasteiger partial charge in [-0.25, -0.2) is 0 Å². The third-order valence-corrected chi connectivity index (χ3v) is 10.00. The smallest absolute Gasteiger partial charge is 0.192 e. The Morgan fingerprint density at radius 2 is 2.00 bits per heavy atom. The largest absolute Gasteiger partial charge is 0.411 e. The van der Waals surface area contributed by atoms with E-state index in [1.54, 1.807) is 0 Å². The minimum Gasteiger partial charge on any atom is -0.411 e. The number of rotatable bonds is 9. The second-order valence-electron chi connectivity index (χ2n) is 7.62. The predicted molar refractivity (Wildman–Crippen MR) is 103 cm³/mol. The maximum absolute atomic E-state index is 6.62. The molecule has 0 fully saturated rings. The van der Waals surface area contributed by atoms with Crippen LogP contribution in [0.2, 0.25) is 18.1 Å². The zero-order valence-corrected chi connectivity index (χ0v) is 17.1. The quantitative estimate of drug-likeness (QED) is 0.273. The van der Waals surface area contributed by atoms with Gasteiger partial charge in [-0.05, 0) is 42.4 Å². The summed E-state index contributed by atoms with van der Waals surface area (Å²) in [4.78, 5) is 1.43. The van der Waals surface area contributed by atoms with Gasteiger partial charge in [0.05, 0.1) is 6.10 Å². The van der Waals surface area contributed by atoms with Crippen LogP contribution >= 0.6 is 11.3 Å². The van der Waals surface area contributed by atoms with Crippen LogP contribution in [0.15, 0.2) is 29.7 Å². The summed E-state index contributed by atoms with van der Waals surface area (Å²) in [5, 5.41) is 2.42. The lowest BCUT2D eigenvalue weighted by Crippen LogP contribution is -2.43. The topological polar surface area (TPSA) is 9.23 Å². The van der Waals surface area contributed by atoms with Crippen molar-refractivity contribution in [3.63, 3.8) is 0 Å². The van der Waals surface area contributed by atoms with E-state index in [0.29, 0.717) is 0 Å². The Hall–Kier alpha value is -0.383. The molecule has 0 amide bonds. The van der Waals surface area contributed by atoms with Gasteiger partial charge in [0, 0.05) is 4.88 Å². The molecule has 0 aliphatic heterocycles. The van der Waals surface area contributed by atoms with Crippen LogP contribution in [0.25, 0.3) is 0 Å². The summed E-state index contributed by atoms with van der Waals surface area (Å²) < 4.78 is 6.62. The van der Waals surface area contributed by atoms with E-state index < -0.39 is 8.32 Å². The second-order valence-corrected chi connectivity index (χ2v) is 13.4. The molecule has 22 heavy (non-hydrogen) atoms. The highest BCUT2D eigenvalue weighted by Gasteiger charge is 2.38. The first-order valence-electron chi connectivity index (χ1n) is 8.63. The van der Waals surface area contributed by atoms with Crippen molar-refractivity contribution in [3.8, 4) is 0 Å². The molecule has 1 heterocycles. The molecule has 1 aromatic heterocycles. The second kappa shape index (κ2) is 9.04. The molecule has 0 radical (unpaired) electrons. The van der Waals surface area contributed by atoms with Crippen molar-refractivity contribution < 1.29 is 4.43 Å². The van der Waals surface area contributed by atoms with Crippen LogP contribution in [0, 0.1) is 0 Å². The monoisotopic (exact) mass is 338 g/mol. The number of allylic oxidation sites excluding steroid dienone is 1. The summed E-state index contributed by atoms with van der Waals surface area (Å²) in [7, 11) is -1.69. The number of thiophene rings is 1. The van der Waals surface area contributed by atoms with E-state index in [1.807, 2.05) is 11.3 Å². The average Bonchev–Trinajstić information content (AvgIpc) is 2.90. The van der Waals surface area contributed by atoms with E-state index >= 15 is 0 Å². The van der Waals surface area contributed by atoms with Gasteiger partial charge in [0.1, 0.15) is 0 Å².